The van der Waals surface area contributed by atoms with Crippen LogP contribution in [-0.2, 0) is 11.2 Å². The quantitative estimate of drug-likeness (QED) is 0.628. The summed E-state index contributed by atoms with van der Waals surface area (Å²) in [7, 11) is -1.84. The van der Waals surface area contributed by atoms with E-state index in [1.807, 2.05) is 18.2 Å². The van der Waals surface area contributed by atoms with Crippen LogP contribution in [0.4, 0.5) is 0 Å². The molecular weight excluding hydrogens is 164 g/mol. The van der Waals surface area contributed by atoms with Crippen molar-refractivity contribution >= 4 is 9.04 Å². The first-order chi connectivity index (χ1) is 5.83. The average molecular weight is 177 g/mol. The van der Waals surface area contributed by atoms with Crippen molar-refractivity contribution in [3.63, 3.8) is 0 Å². The minimum Gasteiger partial charge on any atom is -0.296 e. The lowest BCUT2D eigenvalue weighted by molar-refractivity contribution is 0.456. The van der Waals surface area contributed by atoms with Crippen molar-refractivity contribution in [2.45, 2.75) is 12.5 Å². The van der Waals surface area contributed by atoms with Crippen molar-refractivity contribution in [3.8, 4) is 0 Å². The van der Waals surface area contributed by atoms with Crippen LogP contribution in [0.5, 0.6) is 0 Å². The maximum atomic E-state index is 11.1. The maximum Gasteiger partial charge on any atom is 0.245 e. The Labute approximate surface area is 75.1 Å². The smallest absolute Gasteiger partial charge is 0.245 e. The molecule has 0 amide bonds. The Morgan fingerprint density at radius 3 is 2.58 bits per heavy atom. The Morgan fingerprint density at radius 1 is 1.33 bits per heavy atom. The summed E-state index contributed by atoms with van der Waals surface area (Å²) >= 11 is 0. The Balaban J connectivity index is 2.38. The van der Waals surface area contributed by atoms with Crippen LogP contribution in [0, 0.1) is 0 Å². The van der Waals surface area contributed by atoms with Crippen LogP contribution in [-0.4, -0.2) is 9.04 Å². The molecule has 0 N–H and O–H groups in total. The van der Waals surface area contributed by atoms with Crippen LogP contribution in [0.1, 0.15) is 5.56 Å². The minimum absolute atomic E-state index is 0.785. The van der Waals surface area contributed by atoms with Gasteiger partial charge in [-0.05, 0) is 18.0 Å². The molecule has 1 radical (unpaired) electrons. The highest BCUT2D eigenvalue weighted by Gasteiger charge is 2.03. The Hall–Kier alpha value is -0.863. The lowest BCUT2D eigenvalue weighted by atomic mass is 10.2. The Morgan fingerprint density at radius 2 is 2.00 bits per heavy atom. The zero-order chi connectivity index (χ0) is 8.81. The highest BCUT2D eigenvalue weighted by Crippen LogP contribution is 2.04. The van der Waals surface area contributed by atoms with Crippen molar-refractivity contribution in [1.29, 1.82) is 0 Å². The summed E-state index contributed by atoms with van der Waals surface area (Å²) < 4.78 is 0. The Bertz CT molecular complexity index is 233. The van der Waals surface area contributed by atoms with E-state index in [4.69, 9.17) is 0 Å². The molecule has 2 heteroatoms. The third-order valence-corrected chi connectivity index (χ3v) is 3.21. The van der Waals surface area contributed by atoms with Crippen LogP contribution in [0.25, 0.3) is 0 Å². The highest BCUT2D eigenvalue weighted by molar-refractivity contribution is 6.55. The van der Waals surface area contributed by atoms with Crippen LogP contribution in [0.2, 0.25) is 6.04 Å². The standard InChI is InChI=1S/C10H13OSi/c1-2-12(11)9-8-10-6-4-3-5-7-10/h2-7,12H,1,8-9H2. The molecule has 1 nitrogen and oxygen atoms in total. The Kier molecular flexibility index (Phi) is 3.77. The molecule has 0 spiro atoms. The van der Waals surface area contributed by atoms with Gasteiger partial charge in [-0.1, -0.05) is 36.0 Å². The number of benzene rings is 1. The predicted molar refractivity (Wildman–Crippen MR) is 53.0 cm³/mol. The molecule has 63 valence electrons. The van der Waals surface area contributed by atoms with Crippen LogP contribution < -0.4 is 0 Å². The largest absolute Gasteiger partial charge is 0.296 e. The van der Waals surface area contributed by atoms with E-state index in [9.17, 15) is 4.80 Å². The summed E-state index contributed by atoms with van der Waals surface area (Å²) in [4.78, 5) is 11.1. The van der Waals surface area contributed by atoms with E-state index in [0.717, 1.165) is 12.5 Å². The zero-order valence-electron chi connectivity index (χ0n) is 7.07. The van der Waals surface area contributed by atoms with E-state index in [2.05, 4.69) is 18.7 Å². The molecule has 1 atom stereocenters. The average Bonchev–Trinajstić information content (AvgIpc) is 2.16. The van der Waals surface area contributed by atoms with Crippen molar-refractivity contribution in [2.24, 2.45) is 0 Å². The molecule has 1 aromatic rings. The molecule has 0 aliphatic heterocycles. The summed E-state index contributed by atoms with van der Waals surface area (Å²) in [6.07, 6.45) is 0.910. The van der Waals surface area contributed by atoms with E-state index >= 15 is 0 Å². The molecule has 0 bridgehead atoms. The first-order valence-electron chi connectivity index (χ1n) is 4.15. The molecule has 0 fully saturated rings. The summed E-state index contributed by atoms with van der Waals surface area (Å²) in [6, 6.07) is 10.9. The maximum absolute atomic E-state index is 11.1. The van der Waals surface area contributed by atoms with Gasteiger partial charge in [-0.3, -0.25) is 4.80 Å². The van der Waals surface area contributed by atoms with Crippen molar-refractivity contribution in [2.75, 3.05) is 0 Å². The fourth-order valence-corrected chi connectivity index (χ4v) is 1.93. The van der Waals surface area contributed by atoms with Gasteiger partial charge in [-0.15, -0.1) is 6.58 Å². The van der Waals surface area contributed by atoms with Gasteiger partial charge in [0.25, 0.3) is 0 Å². The van der Waals surface area contributed by atoms with E-state index in [-0.39, 0.29) is 0 Å². The monoisotopic (exact) mass is 177 g/mol. The lowest BCUT2D eigenvalue weighted by Gasteiger charge is -2.00. The molecule has 1 unspecified atom stereocenters. The highest BCUT2D eigenvalue weighted by atomic mass is 28.3. The van der Waals surface area contributed by atoms with Gasteiger partial charge in [-0.2, -0.15) is 0 Å². The second kappa shape index (κ2) is 4.90. The third kappa shape index (κ3) is 3.03. The SMILES string of the molecule is C=C[SiH]([O])CCc1ccccc1. The summed E-state index contributed by atoms with van der Waals surface area (Å²) in [6.45, 7) is 3.52. The van der Waals surface area contributed by atoms with Crippen molar-refractivity contribution in [1.82, 2.24) is 0 Å². The number of hydrogen-bond acceptors (Lipinski definition) is 0. The fourth-order valence-electron chi connectivity index (χ4n) is 1.07. The summed E-state index contributed by atoms with van der Waals surface area (Å²) in [5, 5.41) is 0. The molecule has 0 aromatic heterocycles. The van der Waals surface area contributed by atoms with Gasteiger partial charge in [0.1, 0.15) is 0 Å². The van der Waals surface area contributed by atoms with E-state index in [0.29, 0.717) is 0 Å². The molecule has 1 rings (SSSR count). The number of rotatable bonds is 4. The lowest BCUT2D eigenvalue weighted by Crippen LogP contribution is -2.06. The second-order valence-corrected chi connectivity index (χ2v) is 4.92. The molecule has 12 heavy (non-hydrogen) atoms. The van der Waals surface area contributed by atoms with Gasteiger partial charge >= 0.3 is 0 Å². The van der Waals surface area contributed by atoms with Crippen LogP contribution in [0.3, 0.4) is 0 Å². The molecule has 0 saturated carbocycles. The summed E-state index contributed by atoms with van der Waals surface area (Å²) in [5.41, 5.74) is 2.86. The third-order valence-electron chi connectivity index (χ3n) is 1.82. The first kappa shape index (κ1) is 9.23. The molecule has 0 saturated heterocycles. The van der Waals surface area contributed by atoms with Gasteiger partial charge in [-0.25, -0.2) is 0 Å². The van der Waals surface area contributed by atoms with Gasteiger partial charge in [0.15, 0.2) is 0 Å². The molecule has 0 aliphatic rings. The van der Waals surface area contributed by atoms with Crippen molar-refractivity contribution in [3.05, 3.63) is 48.2 Å². The molecule has 1 aromatic carbocycles. The van der Waals surface area contributed by atoms with Crippen molar-refractivity contribution < 1.29 is 4.80 Å². The second-order valence-electron chi connectivity index (χ2n) is 2.80. The molecular formula is C10H13OSi. The number of aryl methyl sites for hydroxylation is 1. The fraction of sp³-hybridized carbons (Fsp3) is 0.200. The van der Waals surface area contributed by atoms with Gasteiger partial charge in [0.05, 0.1) is 0 Å². The van der Waals surface area contributed by atoms with Crippen LogP contribution >= 0.6 is 0 Å². The molecule has 0 aliphatic carbocycles. The van der Waals surface area contributed by atoms with E-state index in [1.54, 1.807) is 5.70 Å². The van der Waals surface area contributed by atoms with E-state index in [1.165, 1.54) is 5.56 Å². The molecule has 0 heterocycles. The zero-order valence-corrected chi connectivity index (χ0v) is 8.23. The van der Waals surface area contributed by atoms with E-state index < -0.39 is 9.04 Å². The number of hydrogen-bond donors (Lipinski definition) is 0. The minimum atomic E-state index is -1.84. The van der Waals surface area contributed by atoms with Gasteiger partial charge in [0.2, 0.25) is 9.04 Å². The first-order valence-corrected chi connectivity index (χ1v) is 6.10. The summed E-state index contributed by atoms with van der Waals surface area (Å²) in [5.74, 6) is 0. The van der Waals surface area contributed by atoms with Gasteiger partial charge in [0, 0.05) is 0 Å². The van der Waals surface area contributed by atoms with Crippen LogP contribution in [0.15, 0.2) is 42.6 Å². The van der Waals surface area contributed by atoms with Gasteiger partial charge < -0.3 is 0 Å². The predicted octanol–water partition coefficient (Wildman–Crippen LogP) is 2.11. The normalized spacial score (nSPS) is 12.4. The topological polar surface area (TPSA) is 19.9 Å².